The molecule has 3 heterocycles. The van der Waals surface area contributed by atoms with E-state index in [1.54, 1.807) is 6.07 Å². The summed E-state index contributed by atoms with van der Waals surface area (Å²) in [5.41, 5.74) is 3.32. The number of aromatic amines is 1. The molecule has 0 radical (unpaired) electrons. The van der Waals surface area contributed by atoms with Crippen LogP contribution in [0.15, 0.2) is 27.9 Å². The van der Waals surface area contributed by atoms with Crippen molar-refractivity contribution in [3.05, 3.63) is 54.2 Å². The molecule has 29 heavy (non-hydrogen) atoms. The van der Waals surface area contributed by atoms with Crippen LogP contribution in [0.25, 0.3) is 0 Å². The third kappa shape index (κ3) is 5.87. The molecule has 0 aromatic carbocycles. The Kier molecular flexibility index (Phi) is 8.37. The second-order valence-electron chi connectivity index (χ2n) is 5.96. The summed E-state index contributed by atoms with van der Waals surface area (Å²) in [5.74, 6) is -1.78. The number of halogens is 3. The van der Waals surface area contributed by atoms with Crippen molar-refractivity contribution in [2.24, 2.45) is 5.73 Å². The van der Waals surface area contributed by atoms with E-state index in [-0.39, 0.29) is 38.6 Å². The number of carbonyl (C=O) groups excluding carboxylic acids is 1. The quantitative estimate of drug-likeness (QED) is 0.583. The number of H-pyrrole nitrogens is 1. The molecule has 1 saturated heterocycles. The van der Waals surface area contributed by atoms with Gasteiger partial charge < -0.3 is 19.9 Å². The molecule has 2 aromatic rings. The highest BCUT2D eigenvalue weighted by Gasteiger charge is 2.39. The van der Waals surface area contributed by atoms with Crippen molar-refractivity contribution >= 4 is 41.3 Å². The summed E-state index contributed by atoms with van der Waals surface area (Å²) in [6.07, 6.45) is -1.59. The maximum Gasteiger partial charge on any atom is 0.330 e. The van der Waals surface area contributed by atoms with E-state index in [4.69, 9.17) is 31.5 Å². The standard InChI is InChI=1S/C16H17ClFN3O6S.ClH/c17-12-2-1-8(28-12)6-25-7-11-10(27-14(22)4-19)3-13(26-11)21-5-9(18)15(23)20-16(21)24;/h1-2,5,10-11,13H,3-4,6-7,19H2,(H,20,23,24);1H/t10-,11+,13+;/m0./s1. The molecule has 1 fully saturated rings. The van der Waals surface area contributed by atoms with Crippen molar-refractivity contribution in [1.82, 2.24) is 9.55 Å². The fraction of sp³-hybridized carbons (Fsp3) is 0.438. The third-order valence-corrected chi connectivity index (χ3v) is 5.22. The van der Waals surface area contributed by atoms with Gasteiger partial charge in [0.1, 0.15) is 18.4 Å². The highest BCUT2D eigenvalue weighted by molar-refractivity contribution is 7.16. The first kappa shape index (κ1) is 23.5. The molecule has 3 rings (SSSR count). The molecule has 3 atom stereocenters. The fourth-order valence-electron chi connectivity index (χ4n) is 2.74. The van der Waals surface area contributed by atoms with Crippen LogP contribution in [0.1, 0.15) is 17.5 Å². The highest BCUT2D eigenvalue weighted by Crippen LogP contribution is 2.30. The number of carbonyl (C=O) groups is 1. The zero-order valence-corrected chi connectivity index (χ0v) is 17.2. The molecule has 160 valence electrons. The maximum atomic E-state index is 13.6. The lowest BCUT2D eigenvalue weighted by molar-refractivity contribution is -0.152. The van der Waals surface area contributed by atoms with E-state index in [2.05, 4.69) is 0 Å². The van der Waals surface area contributed by atoms with Gasteiger partial charge in [0.2, 0.25) is 5.82 Å². The van der Waals surface area contributed by atoms with Crippen LogP contribution in [0.5, 0.6) is 0 Å². The van der Waals surface area contributed by atoms with Gasteiger partial charge in [0.15, 0.2) is 0 Å². The van der Waals surface area contributed by atoms with E-state index in [1.807, 2.05) is 11.1 Å². The van der Waals surface area contributed by atoms with Crippen molar-refractivity contribution in [2.75, 3.05) is 13.2 Å². The monoisotopic (exact) mass is 469 g/mol. The highest BCUT2D eigenvalue weighted by atomic mass is 35.5. The van der Waals surface area contributed by atoms with Crippen molar-refractivity contribution in [3.8, 4) is 0 Å². The lowest BCUT2D eigenvalue weighted by atomic mass is 10.2. The Morgan fingerprint density at radius 2 is 2.21 bits per heavy atom. The number of ether oxygens (including phenoxy) is 3. The summed E-state index contributed by atoms with van der Waals surface area (Å²) in [4.78, 5) is 37.5. The largest absolute Gasteiger partial charge is 0.458 e. The number of esters is 1. The van der Waals surface area contributed by atoms with Gasteiger partial charge in [0, 0.05) is 11.3 Å². The van der Waals surface area contributed by atoms with Gasteiger partial charge >= 0.3 is 11.7 Å². The van der Waals surface area contributed by atoms with Crippen molar-refractivity contribution in [3.63, 3.8) is 0 Å². The Hall–Kier alpha value is -1.76. The van der Waals surface area contributed by atoms with Crippen molar-refractivity contribution < 1.29 is 23.4 Å². The number of nitrogens with zero attached hydrogens (tertiary/aromatic N) is 1. The second kappa shape index (κ2) is 10.3. The predicted molar refractivity (Wildman–Crippen MR) is 105 cm³/mol. The molecule has 0 aliphatic carbocycles. The summed E-state index contributed by atoms with van der Waals surface area (Å²) in [5, 5.41) is 0. The number of nitrogens with two attached hydrogens (primary N) is 1. The van der Waals surface area contributed by atoms with E-state index in [0.717, 1.165) is 15.6 Å². The van der Waals surface area contributed by atoms with Gasteiger partial charge in [0.25, 0.3) is 5.56 Å². The van der Waals surface area contributed by atoms with Crippen LogP contribution in [0.3, 0.4) is 0 Å². The minimum atomic E-state index is -1.13. The van der Waals surface area contributed by atoms with E-state index in [9.17, 15) is 18.8 Å². The predicted octanol–water partition coefficient (Wildman–Crippen LogP) is 1.19. The van der Waals surface area contributed by atoms with Crippen LogP contribution >= 0.6 is 35.3 Å². The van der Waals surface area contributed by atoms with Crippen LogP contribution in [-0.4, -0.2) is 40.9 Å². The lowest BCUT2D eigenvalue weighted by Crippen LogP contribution is -2.34. The summed E-state index contributed by atoms with van der Waals surface area (Å²) < 4.78 is 31.7. The molecular weight excluding hydrogens is 452 g/mol. The topological polar surface area (TPSA) is 126 Å². The second-order valence-corrected chi connectivity index (χ2v) is 7.76. The van der Waals surface area contributed by atoms with Gasteiger partial charge in [-0.15, -0.1) is 23.7 Å². The molecule has 0 amide bonds. The van der Waals surface area contributed by atoms with E-state index < -0.39 is 41.5 Å². The lowest BCUT2D eigenvalue weighted by Gasteiger charge is -2.18. The molecule has 0 spiro atoms. The fourth-order valence-corrected chi connectivity index (χ4v) is 3.77. The first-order valence-electron chi connectivity index (χ1n) is 8.25. The molecule has 0 bridgehead atoms. The Balaban J connectivity index is 0.00000300. The van der Waals surface area contributed by atoms with Gasteiger partial charge in [-0.05, 0) is 12.1 Å². The normalized spacial score (nSPS) is 21.0. The molecule has 2 aromatic heterocycles. The summed E-state index contributed by atoms with van der Waals surface area (Å²) in [7, 11) is 0. The Bertz CT molecular complexity index is 965. The SMILES string of the molecule is Cl.NCC(=O)O[C@H]1C[C@H](n2cc(F)c(=O)[nH]c2=O)O[C@@H]1COCc1ccc(Cl)s1. The molecule has 1 aliphatic rings. The van der Waals surface area contributed by atoms with E-state index >= 15 is 0 Å². The zero-order chi connectivity index (χ0) is 20.3. The molecule has 3 N–H and O–H groups in total. The average molecular weight is 470 g/mol. The minimum Gasteiger partial charge on any atom is -0.458 e. The molecule has 13 heteroatoms. The van der Waals surface area contributed by atoms with Gasteiger partial charge in [-0.1, -0.05) is 11.6 Å². The number of aromatic nitrogens is 2. The number of thiophene rings is 1. The zero-order valence-electron chi connectivity index (χ0n) is 14.8. The number of hydrogen-bond donors (Lipinski definition) is 2. The van der Waals surface area contributed by atoms with Crippen molar-refractivity contribution in [2.45, 2.75) is 31.5 Å². The Labute approximate surface area is 178 Å². The Morgan fingerprint density at radius 1 is 1.45 bits per heavy atom. The molecule has 1 aliphatic heterocycles. The van der Waals surface area contributed by atoms with Crippen LogP contribution in [0.4, 0.5) is 4.39 Å². The summed E-state index contributed by atoms with van der Waals surface area (Å²) in [6.45, 7) is -0.00248. The smallest absolute Gasteiger partial charge is 0.330 e. The van der Waals surface area contributed by atoms with Crippen LogP contribution < -0.4 is 17.0 Å². The van der Waals surface area contributed by atoms with Crippen LogP contribution in [0, 0.1) is 5.82 Å². The van der Waals surface area contributed by atoms with Crippen LogP contribution in [-0.2, 0) is 25.6 Å². The van der Waals surface area contributed by atoms with E-state index in [1.165, 1.54) is 11.3 Å². The van der Waals surface area contributed by atoms with Gasteiger partial charge in [-0.2, -0.15) is 4.39 Å². The molecule has 0 saturated carbocycles. The maximum absolute atomic E-state index is 13.6. The third-order valence-electron chi connectivity index (χ3n) is 4.02. The first-order chi connectivity index (χ1) is 13.4. The van der Waals surface area contributed by atoms with Gasteiger partial charge in [-0.25, -0.2) is 4.79 Å². The molecule has 0 unspecified atom stereocenters. The van der Waals surface area contributed by atoms with Gasteiger partial charge in [-0.3, -0.25) is 19.1 Å². The van der Waals surface area contributed by atoms with Gasteiger partial charge in [0.05, 0.1) is 30.3 Å². The Morgan fingerprint density at radius 3 is 2.86 bits per heavy atom. The molecule has 9 nitrogen and oxygen atoms in total. The number of rotatable bonds is 7. The van der Waals surface area contributed by atoms with Crippen LogP contribution in [0.2, 0.25) is 4.34 Å². The summed E-state index contributed by atoms with van der Waals surface area (Å²) >= 11 is 7.23. The first-order valence-corrected chi connectivity index (χ1v) is 9.44. The minimum absolute atomic E-state index is 0. The summed E-state index contributed by atoms with van der Waals surface area (Å²) in [6, 6.07) is 3.57. The number of nitrogens with one attached hydrogen (secondary N) is 1. The average Bonchev–Trinajstić information content (AvgIpc) is 3.24. The van der Waals surface area contributed by atoms with E-state index in [0.29, 0.717) is 4.34 Å². The molecular formula is C16H18Cl2FN3O6S. The number of hydrogen-bond acceptors (Lipinski definition) is 8. The van der Waals surface area contributed by atoms with Crippen molar-refractivity contribution in [1.29, 1.82) is 0 Å².